The van der Waals surface area contributed by atoms with E-state index in [-0.39, 0.29) is 32.8 Å². The summed E-state index contributed by atoms with van der Waals surface area (Å²) in [6.45, 7) is 1.93. The fraction of sp³-hybridized carbons (Fsp3) is 0.188. The van der Waals surface area contributed by atoms with Gasteiger partial charge in [-0.05, 0) is 79.8 Å². The monoisotopic (exact) mass is 651 g/mol. The Kier molecular flexibility index (Phi) is 25.6. The number of rotatable bonds is 0. The Labute approximate surface area is 266 Å². The summed E-state index contributed by atoms with van der Waals surface area (Å²) < 4.78 is 0. The molecule has 10 heteroatoms. The number of nitrogens with one attached hydrogen (secondary N) is 2. The molecule has 4 aromatic rings. The van der Waals surface area contributed by atoms with Gasteiger partial charge in [0.05, 0.1) is 22.8 Å². The second kappa shape index (κ2) is 26.4. The number of aromatic nitrogens is 4. The first kappa shape index (κ1) is 40.6. The van der Waals surface area contributed by atoms with E-state index in [9.17, 15) is 0 Å². The molecule has 0 amide bonds. The normalized spacial score (nSPS) is 9.38. The molecule has 0 radical (unpaired) electrons. The summed E-state index contributed by atoms with van der Waals surface area (Å²) in [6.07, 6.45) is 8.05. The Bertz CT molecular complexity index is 1320. The molecule has 5 heterocycles. The van der Waals surface area contributed by atoms with Gasteiger partial charge in [0.15, 0.2) is 0 Å². The van der Waals surface area contributed by atoms with E-state index in [1.54, 1.807) is 6.92 Å². The van der Waals surface area contributed by atoms with Crippen molar-refractivity contribution in [3.63, 3.8) is 0 Å². The number of H-pyrrole nitrogens is 2. The van der Waals surface area contributed by atoms with Gasteiger partial charge in [0, 0.05) is 83.3 Å². The van der Waals surface area contributed by atoms with Gasteiger partial charge in [-0.1, -0.05) is 0 Å². The molecule has 0 spiro atoms. The van der Waals surface area contributed by atoms with E-state index in [1.807, 2.05) is 72.8 Å². The molecule has 9 nitrogen and oxygen atoms in total. The largest absolute Gasteiger partial charge is 0.400 e. The molecule has 0 unspecified atom stereocenters. The molecule has 8 bridgehead atoms. The SMILES string of the molecule is C1=Cc2cc3ccc(cc4ccc(cc5nc(cc1n2)C=C5)[nH]4)[nH]3.CCO.CO.CO.CO.CO.[Zr].[c-]1ccccc1. The molecule has 3 aromatic heterocycles. The van der Waals surface area contributed by atoms with Crippen molar-refractivity contribution in [2.24, 2.45) is 0 Å². The summed E-state index contributed by atoms with van der Waals surface area (Å²) in [5, 5.41) is 35.6. The van der Waals surface area contributed by atoms with E-state index < -0.39 is 0 Å². The molecule has 0 aliphatic carbocycles. The number of fused-ring (bicyclic) bond motifs is 8. The van der Waals surface area contributed by atoms with Gasteiger partial charge >= 0.3 is 0 Å². The minimum absolute atomic E-state index is 0. The number of aliphatic hydroxyl groups excluding tert-OH is 5. The van der Waals surface area contributed by atoms with Gasteiger partial charge in [-0.15, -0.1) is 0 Å². The Hall–Kier alpha value is -3.50. The van der Waals surface area contributed by atoms with Crippen molar-refractivity contribution in [1.82, 2.24) is 19.9 Å². The molecule has 2 aliphatic rings. The molecule has 6 rings (SSSR count). The first-order valence-electron chi connectivity index (χ1n) is 12.6. The number of nitrogens with zero attached hydrogens (tertiary/aromatic N) is 2. The molecule has 0 saturated carbocycles. The predicted molar refractivity (Wildman–Crippen MR) is 169 cm³/mol. The molecule has 2 aliphatic heterocycles. The average molecular weight is 653 g/mol. The zero-order chi connectivity index (χ0) is 30.9. The molecular weight excluding hydrogens is 612 g/mol. The van der Waals surface area contributed by atoms with Crippen molar-refractivity contribution >= 4 is 46.4 Å². The Morgan fingerprint density at radius 2 is 0.857 bits per heavy atom. The summed E-state index contributed by atoms with van der Waals surface area (Å²) in [7, 11) is 4.00. The third kappa shape index (κ3) is 15.5. The van der Waals surface area contributed by atoms with Crippen LogP contribution in [0.15, 0.2) is 78.9 Å². The van der Waals surface area contributed by atoms with Crippen LogP contribution < -0.4 is 0 Å². The number of hydrogen-bond acceptors (Lipinski definition) is 7. The van der Waals surface area contributed by atoms with Gasteiger partial charge in [-0.2, -0.15) is 36.4 Å². The first-order valence-corrected chi connectivity index (χ1v) is 12.6. The molecule has 42 heavy (non-hydrogen) atoms. The molecule has 7 N–H and O–H groups in total. The van der Waals surface area contributed by atoms with Crippen LogP contribution in [-0.4, -0.2) is 80.5 Å². The van der Waals surface area contributed by atoms with Crippen molar-refractivity contribution < 1.29 is 51.7 Å². The molecular formula is C32H41N4O5Zr-. The summed E-state index contributed by atoms with van der Waals surface area (Å²) >= 11 is 0. The van der Waals surface area contributed by atoms with E-state index in [4.69, 9.17) is 25.5 Å². The quantitative estimate of drug-likeness (QED) is 0.118. The van der Waals surface area contributed by atoms with E-state index in [0.717, 1.165) is 73.3 Å². The minimum atomic E-state index is 0. The van der Waals surface area contributed by atoms with E-state index in [0.29, 0.717) is 0 Å². The van der Waals surface area contributed by atoms with Crippen LogP contribution in [-0.2, 0) is 26.2 Å². The molecule has 0 saturated heterocycles. The summed E-state index contributed by atoms with van der Waals surface area (Å²) in [4.78, 5) is 16.0. The zero-order valence-corrected chi connectivity index (χ0v) is 27.1. The fourth-order valence-corrected chi connectivity index (χ4v) is 3.29. The average Bonchev–Trinajstić information content (AvgIpc) is 3.86. The third-order valence-corrected chi connectivity index (χ3v) is 4.65. The van der Waals surface area contributed by atoms with Crippen LogP contribution in [0.3, 0.4) is 0 Å². The smallest absolute Gasteiger partial charge is 0.0659 e. The van der Waals surface area contributed by atoms with Crippen LogP contribution in [0.4, 0.5) is 0 Å². The fourth-order valence-electron chi connectivity index (χ4n) is 3.29. The van der Waals surface area contributed by atoms with Gasteiger partial charge < -0.3 is 35.5 Å². The first-order chi connectivity index (χ1) is 20.2. The Morgan fingerprint density at radius 3 is 1.14 bits per heavy atom. The number of hydrogen-bond donors (Lipinski definition) is 7. The summed E-state index contributed by atoms with van der Waals surface area (Å²) in [5.74, 6) is 0. The maximum Gasteiger partial charge on any atom is 0.0659 e. The molecule has 0 atom stereocenters. The Morgan fingerprint density at radius 1 is 0.548 bits per heavy atom. The van der Waals surface area contributed by atoms with Gasteiger partial charge in [0.2, 0.25) is 0 Å². The van der Waals surface area contributed by atoms with Crippen LogP contribution >= 0.6 is 0 Å². The van der Waals surface area contributed by atoms with Crippen molar-refractivity contribution in [2.45, 2.75) is 6.92 Å². The van der Waals surface area contributed by atoms with Crippen LogP contribution in [0, 0.1) is 6.07 Å². The van der Waals surface area contributed by atoms with Crippen LogP contribution in [0.1, 0.15) is 29.7 Å². The van der Waals surface area contributed by atoms with Crippen LogP contribution in [0.2, 0.25) is 0 Å². The second-order valence-corrected chi connectivity index (χ2v) is 7.30. The van der Waals surface area contributed by atoms with Crippen molar-refractivity contribution in [3.8, 4) is 0 Å². The molecule has 224 valence electrons. The minimum Gasteiger partial charge on any atom is -0.400 e. The number of aliphatic hydroxyl groups is 5. The number of aromatic amines is 2. The van der Waals surface area contributed by atoms with Gasteiger partial charge in [-0.25, -0.2) is 9.97 Å². The van der Waals surface area contributed by atoms with Gasteiger partial charge in [0.1, 0.15) is 0 Å². The number of benzene rings is 1. The van der Waals surface area contributed by atoms with Crippen molar-refractivity contribution in [3.05, 3.63) is 108 Å². The van der Waals surface area contributed by atoms with E-state index in [1.165, 1.54) is 0 Å². The summed E-state index contributed by atoms with van der Waals surface area (Å²) in [6, 6.07) is 28.9. The summed E-state index contributed by atoms with van der Waals surface area (Å²) in [5.41, 5.74) is 7.86. The topological polar surface area (TPSA) is 159 Å². The molecule has 0 fully saturated rings. The van der Waals surface area contributed by atoms with Gasteiger partial charge in [-0.3, -0.25) is 0 Å². The maximum absolute atomic E-state index is 7.57. The standard InChI is InChI=1S/C20H14N4.C6H5.C2H6O.4CH4O.Zr/c1-2-14-10-16-5-6-18(23-16)12-20-8-7-19(24-20)11-17-4-3-15(22-17)9-13(1)21-14;1-2-4-6-5-3-1;1-2-3;4*1-2;/h1-12,21-22H;1-5H;3H,2H2,1H3;4*2H,1H3;/q;-1;;;;;;. The van der Waals surface area contributed by atoms with Crippen LogP contribution in [0.25, 0.3) is 46.4 Å². The molecule has 1 aromatic carbocycles. The van der Waals surface area contributed by atoms with Crippen molar-refractivity contribution in [2.75, 3.05) is 35.0 Å². The zero-order valence-electron chi connectivity index (χ0n) is 24.7. The second-order valence-electron chi connectivity index (χ2n) is 7.30. The maximum atomic E-state index is 7.57. The van der Waals surface area contributed by atoms with Gasteiger partial charge in [0.25, 0.3) is 0 Å². The van der Waals surface area contributed by atoms with Crippen LogP contribution in [0.5, 0.6) is 0 Å². The van der Waals surface area contributed by atoms with E-state index in [2.05, 4.69) is 56.3 Å². The Balaban J connectivity index is 0. The van der Waals surface area contributed by atoms with Crippen molar-refractivity contribution in [1.29, 1.82) is 0 Å². The third-order valence-electron chi connectivity index (χ3n) is 4.65. The van der Waals surface area contributed by atoms with E-state index >= 15 is 0 Å². The predicted octanol–water partition coefficient (Wildman–Crippen LogP) is 4.57.